The van der Waals surface area contributed by atoms with Crippen molar-refractivity contribution in [2.45, 2.75) is 23.4 Å². The molecule has 0 N–H and O–H groups in total. The molecule has 13 heavy (non-hydrogen) atoms. The molecule has 2 heterocycles. The van der Waals surface area contributed by atoms with E-state index in [1.54, 1.807) is 0 Å². The van der Waals surface area contributed by atoms with Crippen LogP contribution in [0.1, 0.15) is 11.4 Å². The number of hydrogen-bond donors (Lipinski definition) is 0. The van der Waals surface area contributed by atoms with Crippen LogP contribution in [0, 0.1) is 6.92 Å². The Kier molecular flexibility index (Phi) is 2.51. The molecular weight excluding hydrogens is 200 g/mol. The standard InChI is InChI=1S/C9H13N2S2/c1-6-10-8-7(4-5-13-8)9(12-3)11(6)2/h4-5H2,1-3H3/q+1. The molecule has 0 atom stereocenters. The molecule has 0 bridgehead atoms. The molecular formula is C9H13N2S2+. The minimum Gasteiger partial charge on any atom is -0.225 e. The van der Waals surface area contributed by atoms with Crippen LogP contribution >= 0.6 is 23.5 Å². The predicted molar refractivity (Wildman–Crippen MR) is 56.4 cm³/mol. The minimum absolute atomic E-state index is 1.11. The number of rotatable bonds is 1. The second kappa shape index (κ2) is 3.50. The Balaban J connectivity index is 2.64. The van der Waals surface area contributed by atoms with Gasteiger partial charge in [-0.25, -0.2) is 4.57 Å². The number of hydrogen-bond acceptors (Lipinski definition) is 3. The highest BCUT2D eigenvalue weighted by molar-refractivity contribution is 8.00. The highest BCUT2D eigenvalue weighted by atomic mass is 32.2. The van der Waals surface area contributed by atoms with E-state index in [4.69, 9.17) is 0 Å². The largest absolute Gasteiger partial charge is 0.297 e. The van der Waals surface area contributed by atoms with Crippen LogP contribution in [0.15, 0.2) is 10.1 Å². The molecule has 0 saturated carbocycles. The van der Waals surface area contributed by atoms with Gasteiger partial charge >= 0.3 is 0 Å². The van der Waals surface area contributed by atoms with Crippen LogP contribution in [0.4, 0.5) is 0 Å². The quantitative estimate of drug-likeness (QED) is 0.400. The fraction of sp³-hybridized carbons (Fsp3) is 0.556. The summed E-state index contributed by atoms with van der Waals surface area (Å²) in [7, 11) is 2.09. The number of nitrogens with zero attached hydrogens (tertiary/aromatic N) is 2. The lowest BCUT2D eigenvalue weighted by atomic mass is 10.3. The molecule has 1 aliphatic heterocycles. The second-order valence-corrected chi connectivity index (χ2v) is 4.99. The summed E-state index contributed by atoms with van der Waals surface area (Å²) in [6, 6.07) is 0. The molecule has 0 fully saturated rings. The Morgan fingerprint density at radius 3 is 3.00 bits per heavy atom. The molecule has 0 aliphatic carbocycles. The zero-order valence-electron chi connectivity index (χ0n) is 8.13. The van der Waals surface area contributed by atoms with Gasteiger partial charge in [0.05, 0.1) is 12.6 Å². The maximum absolute atomic E-state index is 4.57. The highest BCUT2D eigenvalue weighted by Crippen LogP contribution is 2.33. The average Bonchev–Trinajstić information content (AvgIpc) is 2.54. The first-order valence-corrected chi connectivity index (χ1v) is 6.51. The lowest BCUT2D eigenvalue weighted by Gasteiger charge is -2.04. The molecule has 70 valence electrons. The molecule has 1 aliphatic rings. The third-order valence-electron chi connectivity index (χ3n) is 2.35. The molecule has 0 radical (unpaired) electrons. The molecule has 0 unspecified atom stereocenters. The Hall–Kier alpha value is -0.220. The maximum atomic E-state index is 4.57. The number of aromatic nitrogens is 2. The van der Waals surface area contributed by atoms with E-state index < -0.39 is 0 Å². The van der Waals surface area contributed by atoms with Crippen molar-refractivity contribution in [1.82, 2.24) is 4.98 Å². The summed E-state index contributed by atoms with van der Waals surface area (Å²) in [6.45, 7) is 2.07. The van der Waals surface area contributed by atoms with Crippen LogP contribution < -0.4 is 4.57 Å². The Bertz CT molecular complexity index is 350. The number of thioether (sulfide) groups is 2. The van der Waals surface area contributed by atoms with Crippen molar-refractivity contribution in [2.75, 3.05) is 12.0 Å². The first-order valence-electron chi connectivity index (χ1n) is 4.30. The van der Waals surface area contributed by atoms with Gasteiger partial charge in [-0.05, 0) is 17.7 Å². The van der Waals surface area contributed by atoms with E-state index in [2.05, 4.69) is 29.8 Å². The molecule has 0 aromatic carbocycles. The molecule has 0 saturated heterocycles. The lowest BCUT2D eigenvalue weighted by Crippen LogP contribution is -2.37. The molecule has 4 heteroatoms. The summed E-state index contributed by atoms with van der Waals surface area (Å²) >= 11 is 3.71. The summed E-state index contributed by atoms with van der Waals surface area (Å²) in [5.74, 6) is 2.30. The van der Waals surface area contributed by atoms with E-state index in [0.717, 1.165) is 5.82 Å². The lowest BCUT2D eigenvalue weighted by molar-refractivity contribution is -0.718. The Morgan fingerprint density at radius 1 is 1.54 bits per heavy atom. The van der Waals surface area contributed by atoms with Gasteiger partial charge in [0.15, 0.2) is 5.03 Å². The Morgan fingerprint density at radius 2 is 2.31 bits per heavy atom. The molecule has 0 spiro atoms. The summed E-state index contributed by atoms with van der Waals surface area (Å²) < 4.78 is 2.19. The fourth-order valence-corrected chi connectivity index (χ4v) is 3.56. The maximum Gasteiger partial charge on any atom is 0.297 e. The molecule has 2 nitrogen and oxygen atoms in total. The van der Waals surface area contributed by atoms with E-state index in [-0.39, 0.29) is 0 Å². The van der Waals surface area contributed by atoms with Crippen LogP contribution in [0.5, 0.6) is 0 Å². The van der Waals surface area contributed by atoms with Crippen molar-refractivity contribution in [3.8, 4) is 0 Å². The van der Waals surface area contributed by atoms with E-state index in [9.17, 15) is 0 Å². The third kappa shape index (κ3) is 1.46. The third-order valence-corrected chi connectivity index (χ3v) is 4.28. The Labute approximate surface area is 87.1 Å². The van der Waals surface area contributed by atoms with Gasteiger partial charge in [0.25, 0.3) is 5.82 Å². The van der Waals surface area contributed by atoms with Crippen molar-refractivity contribution >= 4 is 23.5 Å². The minimum atomic E-state index is 1.11. The van der Waals surface area contributed by atoms with Gasteiger partial charge in [-0.15, -0.1) is 0 Å². The van der Waals surface area contributed by atoms with Crippen molar-refractivity contribution in [3.05, 3.63) is 11.4 Å². The molecule has 2 rings (SSSR count). The van der Waals surface area contributed by atoms with Crippen LogP contribution in [-0.4, -0.2) is 17.0 Å². The van der Waals surface area contributed by atoms with Crippen LogP contribution in [-0.2, 0) is 13.5 Å². The van der Waals surface area contributed by atoms with Gasteiger partial charge in [0.1, 0.15) is 0 Å². The van der Waals surface area contributed by atoms with Gasteiger partial charge in [-0.2, -0.15) is 0 Å². The fourth-order valence-electron chi connectivity index (χ4n) is 1.57. The van der Waals surface area contributed by atoms with Gasteiger partial charge in [-0.3, -0.25) is 0 Å². The van der Waals surface area contributed by atoms with Gasteiger partial charge < -0.3 is 0 Å². The molecule has 1 aromatic heterocycles. The summed E-state index contributed by atoms with van der Waals surface area (Å²) in [5, 5.41) is 2.63. The summed E-state index contributed by atoms with van der Waals surface area (Å²) in [5.41, 5.74) is 1.45. The average molecular weight is 213 g/mol. The van der Waals surface area contributed by atoms with E-state index in [1.807, 2.05) is 23.5 Å². The zero-order chi connectivity index (χ0) is 9.42. The van der Waals surface area contributed by atoms with E-state index in [0.29, 0.717) is 0 Å². The number of aryl methyl sites for hydroxylation is 1. The topological polar surface area (TPSA) is 16.8 Å². The van der Waals surface area contributed by atoms with Crippen molar-refractivity contribution in [3.63, 3.8) is 0 Å². The summed E-state index contributed by atoms with van der Waals surface area (Å²) in [4.78, 5) is 4.57. The smallest absolute Gasteiger partial charge is 0.225 e. The SMILES string of the molecule is CSc1c2c(nc(C)[n+]1C)SCC2. The summed E-state index contributed by atoms with van der Waals surface area (Å²) in [6.07, 6.45) is 3.31. The van der Waals surface area contributed by atoms with Gasteiger partial charge in [0, 0.05) is 12.7 Å². The van der Waals surface area contributed by atoms with Gasteiger partial charge in [-0.1, -0.05) is 23.5 Å². The van der Waals surface area contributed by atoms with Crippen LogP contribution in [0.3, 0.4) is 0 Å². The normalized spacial score (nSPS) is 14.7. The number of fused-ring (bicyclic) bond motifs is 1. The van der Waals surface area contributed by atoms with Crippen molar-refractivity contribution in [2.24, 2.45) is 7.05 Å². The second-order valence-electron chi connectivity index (χ2n) is 3.11. The van der Waals surface area contributed by atoms with E-state index in [1.165, 1.54) is 27.8 Å². The molecule has 1 aromatic rings. The highest BCUT2D eigenvalue weighted by Gasteiger charge is 2.26. The zero-order valence-corrected chi connectivity index (χ0v) is 9.76. The predicted octanol–water partition coefficient (Wildman–Crippen LogP) is 1.58. The van der Waals surface area contributed by atoms with Crippen LogP contribution in [0.25, 0.3) is 0 Å². The van der Waals surface area contributed by atoms with Crippen molar-refractivity contribution < 1.29 is 4.57 Å². The van der Waals surface area contributed by atoms with E-state index >= 15 is 0 Å². The van der Waals surface area contributed by atoms with Crippen molar-refractivity contribution in [1.29, 1.82) is 0 Å². The first kappa shape index (κ1) is 9.34. The molecule has 0 amide bonds. The van der Waals surface area contributed by atoms with Crippen LogP contribution in [0.2, 0.25) is 0 Å². The monoisotopic (exact) mass is 213 g/mol. The van der Waals surface area contributed by atoms with Gasteiger partial charge in [0.2, 0.25) is 5.03 Å². The first-order chi connectivity index (χ1) is 6.24.